The van der Waals surface area contributed by atoms with Crippen molar-refractivity contribution in [2.45, 2.75) is 12.8 Å². The summed E-state index contributed by atoms with van der Waals surface area (Å²) in [5.41, 5.74) is 3.56. The first-order valence-electron chi connectivity index (χ1n) is 7.55. The van der Waals surface area contributed by atoms with Gasteiger partial charge in [-0.05, 0) is 43.0 Å². The number of likely N-dealkylation sites (tertiary alicyclic amines) is 1. The lowest BCUT2D eigenvalue weighted by molar-refractivity contribution is -0.116. The van der Waals surface area contributed by atoms with Gasteiger partial charge in [0.15, 0.2) is 0 Å². The van der Waals surface area contributed by atoms with Crippen LogP contribution < -0.4 is 10.2 Å². The minimum absolute atomic E-state index is 0.148. The van der Waals surface area contributed by atoms with E-state index in [0.717, 1.165) is 37.0 Å². The summed E-state index contributed by atoms with van der Waals surface area (Å²) in [5.74, 6) is 1.77. The Morgan fingerprint density at radius 1 is 1.10 bits per heavy atom. The van der Waals surface area contributed by atoms with Crippen molar-refractivity contribution in [1.82, 2.24) is 4.90 Å². The lowest BCUT2D eigenvalue weighted by Gasteiger charge is -2.24. The van der Waals surface area contributed by atoms with E-state index in [1.807, 2.05) is 0 Å². The van der Waals surface area contributed by atoms with Gasteiger partial charge in [-0.2, -0.15) is 0 Å². The highest BCUT2D eigenvalue weighted by atomic mass is 16.1. The summed E-state index contributed by atoms with van der Waals surface area (Å²) in [7, 11) is 2.22. The standard InChI is InChI=1S/C16H21N3O/c1-18-7-12-9-19(10-13(12)8-18)14-4-2-11-3-5-16(20)17-15(11)6-14/h2,4,6,12-13H,3,5,7-10H2,1H3,(H,17,20). The molecule has 1 N–H and O–H groups in total. The van der Waals surface area contributed by atoms with Gasteiger partial charge in [0.2, 0.25) is 5.91 Å². The fourth-order valence-electron chi connectivity index (χ4n) is 3.99. The van der Waals surface area contributed by atoms with Gasteiger partial charge in [-0.25, -0.2) is 0 Å². The fourth-order valence-corrected chi connectivity index (χ4v) is 3.99. The predicted molar refractivity (Wildman–Crippen MR) is 80.1 cm³/mol. The Labute approximate surface area is 119 Å². The Bertz CT molecular complexity index is 543. The average molecular weight is 271 g/mol. The summed E-state index contributed by atoms with van der Waals surface area (Å²) in [6.45, 7) is 4.76. The molecule has 0 aromatic heterocycles. The molecule has 0 radical (unpaired) electrons. The summed E-state index contributed by atoms with van der Waals surface area (Å²) in [6, 6.07) is 6.57. The molecule has 0 saturated carbocycles. The number of hydrogen-bond acceptors (Lipinski definition) is 3. The number of anilines is 2. The third-order valence-electron chi connectivity index (χ3n) is 5.02. The Morgan fingerprint density at radius 2 is 1.85 bits per heavy atom. The molecule has 3 heterocycles. The maximum absolute atomic E-state index is 11.5. The van der Waals surface area contributed by atoms with E-state index in [2.05, 4.69) is 40.4 Å². The molecule has 0 spiro atoms. The van der Waals surface area contributed by atoms with Crippen LogP contribution >= 0.6 is 0 Å². The van der Waals surface area contributed by atoms with Gasteiger partial charge in [0.1, 0.15) is 0 Å². The summed E-state index contributed by atoms with van der Waals surface area (Å²) in [6.07, 6.45) is 1.49. The highest BCUT2D eigenvalue weighted by Crippen LogP contribution is 2.35. The second-order valence-corrected chi connectivity index (χ2v) is 6.54. The zero-order valence-corrected chi connectivity index (χ0v) is 11.9. The number of aryl methyl sites for hydroxylation is 1. The van der Waals surface area contributed by atoms with Crippen LogP contribution in [0.4, 0.5) is 11.4 Å². The lowest BCUT2D eigenvalue weighted by atomic mass is 10.0. The largest absolute Gasteiger partial charge is 0.371 e. The van der Waals surface area contributed by atoms with E-state index in [9.17, 15) is 4.79 Å². The molecule has 4 rings (SSSR count). The summed E-state index contributed by atoms with van der Waals surface area (Å²) < 4.78 is 0. The lowest BCUT2D eigenvalue weighted by Crippen LogP contribution is -2.27. The van der Waals surface area contributed by atoms with E-state index in [1.54, 1.807) is 0 Å². The van der Waals surface area contributed by atoms with Crippen LogP contribution in [-0.4, -0.2) is 44.0 Å². The number of hydrogen-bond donors (Lipinski definition) is 1. The van der Waals surface area contributed by atoms with Crippen LogP contribution in [0.2, 0.25) is 0 Å². The number of benzene rings is 1. The maximum atomic E-state index is 11.5. The SMILES string of the molecule is CN1CC2CN(c3ccc4c(c3)NC(=O)CC4)CC2C1. The van der Waals surface area contributed by atoms with Gasteiger partial charge in [0, 0.05) is 44.0 Å². The molecule has 1 amide bonds. The van der Waals surface area contributed by atoms with E-state index in [-0.39, 0.29) is 5.91 Å². The van der Waals surface area contributed by atoms with Gasteiger partial charge in [-0.3, -0.25) is 4.79 Å². The minimum Gasteiger partial charge on any atom is -0.371 e. The average Bonchev–Trinajstić information content (AvgIpc) is 2.95. The van der Waals surface area contributed by atoms with E-state index in [4.69, 9.17) is 0 Å². The van der Waals surface area contributed by atoms with Gasteiger partial charge in [0.25, 0.3) is 0 Å². The molecule has 0 bridgehead atoms. The summed E-state index contributed by atoms with van der Waals surface area (Å²) >= 11 is 0. The molecule has 20 heavy (non-hydrogen) atoms. The predicted octanol–water partition coefficient (Wildman–Crippen LogP) is 1.57. The van der Waals surface area contributed by atoms with Crippen LogP contribution in [0.5, 0.6) is 0 Å². The molecule has 106 valence electrons. The molecular weight excluding hydrogens is 250 g/mol. The van der Waals surface area contributed by atoms with Crippen LogP contribution in [-0.2, 0) is 11.2 Å². The highest BCUT2D eigenvalue weighted by molar-refractivity contribution is 5.94. The minimum atomic E-state index is 0.148. The first-order valence-corrected chi connectivity index (χ1v) is 7.55. The summed E-state index contributed by atoms with van der Waals surface area (Å²) in [4.78, 5) is 16.5. The van der Waals surface area contributed by atoms with Crippen molar-refractivity contribution in [1.29, 1.82) is 0 Å². The van der Waals surface area contributed by atoms with Crippen molar-refractivity contribution >= 4 is 17.3 Å². The Balaban J connectivity index is 1.55. The summed E-state index contributed by atoms with van der Waals surface area (Å²) in [5, 5.41) is 3.01. The van der Waals surface area contributed by atoms with E-state index < -0.39 is 0 Å². The molecule has 2 atom stereocenters. The zero-order valence-electron chi connectivity index (χ0n) is 11.9. The van der Waals surface area contributed by atoms with Crippen LogP contribution in [0.15, 0.2) is 18.2 Å². The fraction of sp³-hybridized carbons (Fsp3) is 0.562. The van der Waals surface area contributed by atoms with Crippen molar-refractivity contribution < 1.29 is 4.79 Å². The number of nitrogens with zero attached hydrogens (tertiary/aromatic N) is 2. The van der Waals surface area contributed by atoms with E-state index in [0.29, 0.717) is 6.42 Å². The molecule has 3 aliphatic heterocycles. The smallest absolute Gasteiger partial charge is 0.224 e. The number of nitrogens with one attached hydrogen (secondary N) is 1. The molecule has 0 aliphatic carbocycles. The van der Waals surface area contributed by atoms with Gasteiger partial charge < -0.3 is 15.1 Å². The number of carbonyl (C=O) groups is 1. The molecule has 3 aliphatic rings. The third-order valence-corrected chi connectivity index (χ3v) is 5.02. The maximum Gasteiger partial charge on any atom is 0.224 e. The number of amides is 1. The normalized spacial score (nSPS) is 29.2. The van der Waals surface area contributed by atoms with Gasteiger partial charge in [-0.1, -0.05) is 6.07 Å². The third kappa shape index (κ3) is 1.99. The number of fused-ring (bicyclic) bond motifs is 2. The quantitative estimate of drug-likeness (QED) is 0.842. The number of rotatable bonds is 1. The first-order chi connectivity index (χ1) is 9.69. The van der Waals surface area contributed by atoms with Crippen molar-refractivity contribution in [2.75, 3.05) is 43.4 Å². The van der Waals surface area contributed by atoms with Crippen LogP contribution in [0.25, 0.3) is 0 Å². The van der Waals surface area contributed by atoms with Crippen molar-refractivity contribution in [2.24, 2.45) is 11.8 Å². The molecule has 1 aromatic carbocycles. The monoisotopic (exact) mass is 271 g/mol. The van der Waals surface area contributed by atoms with Crippen LogP contribution in [0.1, 0.15) is 12.0 Å². The van der Waals surface area contributed by atoms with Gasteiger partial charge in [-0.15, -0.1) is 0 Å². The Hall–Kier alpha value is -1.55. The molecule has 2 saturated heterocycles. The Kier molecular flexibility index (Phi) is 2.74. The van der Waals surface area contributed by atoms with Crippen molar-refractivity contribution in [3.05, 3.63) is 23.8 Å². The molecule has 2 unspecified atom stereocenters. The highest BCUT2D eigenvalue weighted by Gasteiger charge is 2.38. The second kappa shape index (κ2) is 4.48. The second-order valence-electron chi connectivity index (χ2n) is 6.54. The van der Waals surface area contributed by atoms with Crippen molar-refractivity contribution in [3.63, 3.8) is 0 Å². The first kappa shape index (κ1) is 12.2. The molecule has 1 aromatic rings. The van der Waals surface area contributed by atoms with Gasteiger partial charge >= 0.3 is 0 Å². The van der Waals surface area contributed by atoms with Crippen LogP contribution in [0.3, 0.4) is 0 Å². The van der Waals surface area contributed by atoms with Gasteiger partial charge in [0.05, 0.1) is 0 Å². The molecular formula is C16H21N3O. The molecule has 4 nitrogen and oxygen atoms in total. The Morgan fingerprint density at radius 3 is 2.60 bits per heavy atom. The van der Waals surface area contributed by atoms with E-state index in [1.165, 1.54) is 24.3 Å². The van der Waals surface area contributed by atoms with E-state index >= 15 is 0 Å². The number of carbonyl (C=O) groups excluding carboxylic acids is 1. The van der Waals surface area contributed by atoms with Crippen molar-refractivity contribution in [3.8, 4) is 0 Å². The zero-order chi connectivity index (χ0) is 13.7. The molecule has 4 heteroatoms. The van der Waals surface area contributed by atoms with Crippen LogP contribution in [0, 0.1) is 11.8 Å². The topological polar surface area (TPSA) is 35.6 Å². The molecule has 2 fully saturated rings.